The van der Waals surface area contributed by atoms with Crippen molar-refractivity contribution in [3.8, 4) is 0 Å². The quantitative estimate of drug-likeness (QED) is 0.258. The van der Waals surface area contributed by atoms with Gasteiger partial charge in [0.1, 0.15) is 0 Å². The molecule has 0 spiro atoms. The summed E-state index contributed by atoms with van der Waals surface area (Å²) in [6.07, 6.45) is 0. The molecule has 0 amide bonds. The number of benzene rings is 4. The van der Waals surface area contributed by atoms with Crippen molar-refractivity contribution >= 4 is 47.6 Å². The molecule has 0 bridgehead atoms. The van der Waals surface area contributed by atoms with Gasteiger partial charge in [-0.25, -0.2) is 10.9 Å². The van der Waals surface area contributed by atoms with E-state index in [0.29, 0.717) is 0 Å². The Kier molecular flexibility index (Phi) is 6.40. The number of hydrogen-bond acceptors (Lipinski definition) is 4. The lowest BCUT2D eigenvalue weighted by Crippen LogP contribution is -2.41. The summed E-state index contributed by atoms with van der Waals surface area (Å²) >= 11 is 0. The molecule has 0 atom stereocenters. The summed E-state index contributed by atoms with van der Waals surface area (Å²) in [6.45, 7) is 0. The SMILES string of the molecule is Cl.Cl.c1ccc2c(c1)Nc1ccccc1C2NNC1c2ccccc2Nc2ccccc21. The number of para-hydroxylation sites is 4. The van der Waals surface area contributed by atoms with Crippen molar-refractivity contribution in [1.29, 1.82) is 0 Å². The molecule has 4 aromatic rings. The number of hydrogen-bond donors (Lipinski definition) is 4. The Morgan fingerprint density at radius 1 is 0.406 bits per heavy atom. The van der Waals surface area contributed by atoms with E-state index in [2.05, 4.69) is 119 Å². The van der Waals surface area contributed by atoms with Crippen LogP contribution in [-0.2, 0) is 0 Å². The summed E-state index contributed by atoms with van der Waals surface area (Å²) in [4.78, 5) is 0. The van der Waals surface area contributed by atoms with Gasteiger partial charge in [0.25, 0.3) is 0 Å². The molecule has 0 aromatic heterocycles. The Bertz CT molecular complexity index is 1060. The number of hydrazine groups is 1. The molecule has 4 aromatic carbocycles. The van der Waals surface area contributed by atoms with Crippen LogP contribution in [0.4, 0.5) is 22.7 Å². The Hall–Kier alpha value is -3.02. The molecule has 2 heterocycles. The second-order valence-corrected chi connectivity index (χ2v) is 7.75. The van der Waals surface area contributed by atoms with Crippen molar-refractivity contribution in [2.75, 3.05) is 10.6 Å². The fourth-order valence-electron chi connectivity index (χ4n) is 4.55. The van der Waals surface area contributed by atoms with Crippen LogP contribution in [0.3, 0.4) is 0 Å². The minimum atomic E-state index is 0. The predicted octanol–water partition coefficient (Wildman–Crippen LogP) is 6.62. The molecular formula is C26H24Cl2N4. The molecule has 0 aliphatic carbocycles. The van der Waals surface area contributed by atoms with Gasteiger partial charge in [0.15, 0.2) is 0 Å². The van der Waals surface area contributed by atoms with E-state index < -0.39 is 0 Å². The molecular weight excluding hydrogens is 439 g/mol. The first-order valence-corrected chi connectivity index (χ1v) is 10.3. The van der Waals surface area contributed by atoms with Gasteiger partial charge < -0.3 is 10.6 Å². The van der Waals surface area contributed by atoms with E-state index in [1.54, 1.807) is 0 Å². The molecule has 0 unspecified atom stereocenters. The second-order valence-electron chi connectivity index (χ2n) is 7.75. The van der Waals surface area contributed by atoms with Crippen LogP contribution in [0.2, 0.25) is 0 Å². The molecule has 4 N–H and O–H groups in total. The third-order valence-corrected chi connectivity index (χ3v) is 6.00. The van der Waals surface area contributed by atoms with Crippen LogP contribution in [0, 0.1) is 0 Å². The number of fused-ring (bicyclic) bond motifs is 4. The minimum absolute atomic E-state index is 0. The lowest BCUT2D eigenvalue weighted by Gasteiger charge is -2.34. The van der Waals surface area contributed by atoms with Crippen LogP contribution in [0.15, 0.2) is 97.1 Å². The zero-order chi connectivity index (χ0) is 19.9. The van der Waals surface area contributed by atoms with Crippen molar-refractivity contribution in [3.63, 3.8) is 0 Å². The molecule has 6 rings (SSSR count). The van der Waals surface area contributed by atoms with Crippen LogP contribution in [0.1, 0.15) is 34.3 Å². The van der Waals surface area contributed by atoms with Crippen LogP contribution in [0.25, 0.3) is 0 Å². The highest BCUT2D eigenvalue weighted by Crippen LogP contribution is 2.41. The maximum atomic E-state index is 3.67. The van der Waals surface area contributed by atoms with E-state index in [9.17, 15) is 0 Å². The average Bonchev–Trinajstić information content (AvgIpc) is 2.81. The summed E-state index contributed by atoms with van der Waals surface area (Å²) in [7, 11) is 0. The predicted molar refractivity (Wildman–Crippen MR) is 137 cm³/mol. The van der Waals surface area contributed by atoms with Gasteiger partial charge in [-0.2, -0.15) is 0 Å². The first-order valence-electron chi connectivity index (χ1n) is 10.3. The van der Waals surface area contributed by atoms with E-state index in [1.165, 1.54) is 22.3 Å². The molecule has 0 saturated heterocycles. The van der Waals surface area contributed by atoms with E-state index in [0.717, 1.165) is 22.7 Å². The molecule has 4 nitrogen and oxygen atoms in total. The van der Waals surface area contributed by atoms with Crippen LogP contribution in [-0.4, -0.2) is 0 Å². The van der Waals surface area contributed by atoms with Gasteiger partial charge in [-0.1, -0.05) is 72.8 Å². The summed E-state index contributed by atoms with van der Waals surface area (Å²) in [5.41, 5.74) is 16.8. The fourth-order valence-corrected chi connectivity index (χ4v) is 4.55. The molecule has 2 aliphatic heterocycles. The van der Waals surface area contributed by atoms with Crippen molar-refractivity contribution in [2.45, 2.75) is 12.1 Å². The van der Waals surface area contributed by atoms with Gasteiger partial charge in [-0.3, -0.25) is 0 Å². The standard InChI is InChI=1S/C26H22N4.2ClH/c1-5-13-21-17(9-1)25(18-10-2-6-14-22(18)27-21)29-30-26-19-11-3-7-15-23(19)28-24-16-8-4-12-20(24)26;;/h1-16,25-30H;2*1H. The average molecular weight is 463 g/mol. The van der Waals surface area contributed by atoms with Crippen LogP contribution in [0.5, 0.6) is 0 Å². The van der Waals surface area contributed by atoms with E-state index in [1.807, 2.05) is 0 Å². The monoisotopic (exact) mass is 462 g/mol. The maximum Gasteiger partial charge on any atom is 0.0753 e. The highest BCUT2D eigenvalue weighted by atomic mass is 35.5. The van der Waals surface area contributed by atoms with Gasteiger partial charge in [0.2, 0.25) is 0 Å². The third-order valence-electron chi connectivity index (χ3n) is 6.00. The van der Waals surface area contributed by atoms with Gasteiger partial charge >= 0.3 is 0 Å². The smallest absolute Gasteiger partial charge is 0.0753 e. The van der Waals surface area contributed by atoms with Gasteiger partial charge in [0, 0.05) is 22.7 Å². The van der Waals surface area contributed by atoms with Gasteiger partial charge in [-0.15, -0.1) is 24.8 Å². The topological polar surface area (TPSA) is 48.1 Å². The van der Waals surface area contributed by atoms with Crippen molar-refractivity contribution in [1.82, 2.24) is 10.9 Å². The molecule has 6 heteroatoms. The van der Waals surface area contributed by atoms with Crippen LogP contribution < -0.4 is 21.5 Å². The Morgan fingerprint density at radius 3 is 0.938 bits per heavy atom. The summed E-state index contributed by atoms with van der Waals surface area (Å²) in [6, 6.07) is 34.0. The van der Waals surface area contributed by atoms with Crippen molar-refractivity contribution in [3.05, 3.63) is 119 Å². The molecule has 0 fully saturated rings. The van der Waals surface area contributed by atoms with Crippen molar-refractivity contribution < 1.29 is 0 Å². The normalized spacial score (nSPS) is 13.6. The van der Waals surface area contributed by atoms with Crippen molar-refractivity contribution in [2.24, 2.45) is 0 Å². The Morgan fingerprint density at radius 2 is 0.656 bits per heavy atom. The molecule has 162 valence electrons. The zero-order valence-corrected chi connectivity index (χ0v) is 18.8. The molecule has 32 heavy (non-hydrogen) atoms. The molecule has 2 aliphatic rings. The summed E-state index contributed by atoms with van der Waals surface area (Å²) < 4.78 is 0. The highest BCUT2D eigenvalue weighted by Gasteiger charge is 2.28. The second kappa shape index (κ2) is 9.23. The van der Waals surface area contributed by atoms with E-state index in [4.69, 9.17) is 0 Å². The fraction of sp³-hybridized carbons (Fsp3) is 0.0769. The lowest BCUT2D eigenvalue weighted by atomic mass is 9.91. The van der Waals surface area contributed by atoms with E-state index >= 15 is 0 Å². The van der Waals surface area contributed by atoms with Gasteiger partial charge in [-0.05, 0) is 46.5 Å². The number of halogens is 2. The largest absolute Gasteiger partial charge is 0.355 e. The van der Waals surface area contributed by atoms with Crippen LogP contribution >= 0.6 is 24.8 Å². The number of rotatable bonds is 3. The minimum Gasteiger partial charge on any atom is -0.355 e. The molecule has 0 radical (unpaired) electrons. The number of nitrogens with one attached hydrogen (secondary N) is 4. The summed E-state index contributed by atoms with van der Waals surface area (Å²) in [5.74, 6) is 0. The molecule has 0 saturated carbocycles. The highest BCUT2D eigenvalue weighted by molar-refractivity contribution is 5.85. The zero-order valence-electron chi connectivity index (χ0n) is 17.2. The third kappa shape index (κ3) is 3.72. The first kappa shape index (κ1) is 22.2. The lowest BCUT2D eigenvalue weighted by molar-refractivity contribution is 0.440. The Labute approximate surface area is 200 Å². The maximum absolute atomic E-state index is 3.67. The van der Waals surface area contributed by atoms with E-state index in [-0.39, 0.29) is 36.9 Å². The first-order chi connectivity index (χ1) is 14.9. The Balaban J connectivity index is 0.00000122. The van der Waals surface area contributed by atoms with Gasteiger partial charge in [0.05, 0.1) is 12.1 Å². The summed E-state index contributed by atoms with van der Waals surface area (Å²) in [5, 5.41) is 7.12. The number of anilines is 4.